The molecule has 5 heteroatoms. The molecule has 106 valence electrons. The van der Waals surface area contributed by atoms with Crippen molar-refractivity contribution in [1.82, 2.24) is 9.80 Å². The highest BCUT2D eigenvalue weighted by Crippen LogP contribution is 2.14. The summed E-state index contributed by atoms with van der Waals surface area (Å²) in [6.45, 7) is 5.10. The predicted molar refractivity (Wildman–Crippen MR) is 73.4 cm³/mol. The molecule has 1 aliphatic rings. The number of benzene rings is 1. The Morgan fingerprint density at radius 3 is 2.58 bits per heavy atom. The molecule has 0 aromatic heterocycles. The van der Waals surface area contributed by atoms with E-state index in [-0.39, 0.29) is 11.6 Å². The third kappa shape index (κ3) is 4.41. The van der Waals surface area contributed by atoms with E-state index in [9.17, 15) is 8.78 Å². The van der Waals surface area contributed by atoms with Crippen molar-refractivity contribution in [3.8, 4) is 0 Å². The van der Waals surface area contributed by atoms with Gasteiger partial charge in [-0.05, 0) is 37.7 Å². The van der Waals surface area contributed by atoms with Gasteiger partial charge in [0, 0.05) is 37.6 Å². The van der Waals surface area contributed by atoms with E-state index in [1.54, 1.807) is 0 Å². The molecule has 1 saturated heterocycles. The van der Waals surface area contributed by atoms with Crippen LogP contribution < -0.4 is 0 Å². The lowest BCUT2D eigenvalue weighted by atomic mass is 10.2. The highest BCUT2D eigenvalue weighted by molar-refractivity contribution is 6.18. The van der Waals surface area contributed by atoms with Crippen molar-refractivity contribution in [3.05, 3.63) is 35.4 Å². The summed E-state index contributed by atoms with van der Waals surface area (Å²) < 4.78 is 26.7. The van der Waals surface area contributed by atoms with Crippen molar-refractivity contribution in [2.75, 3.05) is 38.6 Å². The molecule has 1 fully saturated rings. The summed E-state index contributed by atoms with van der Waals surface area (Å²) >= 11 is 5.75. The number of rotatable bonds is 4. The molecular formula is C14H19ClF2N2. The van der Waals surface area contributed by atoms with E-state index in [1.165, 1.54) is 12.1 Å². The molecular weight excluding hydrogens is 270 g/mol. The standard InChI is InChI=1S/C14H19ClF2N2/c15-4-7-18-5-1-6-19(9-8-18)11-12-10-13(16)2-3-14(12)17/h2-3,10H,1,4-9,11H2. The lowest BCUT2D eigenvalue weighted by Gasteiger charge is -2.21. The summed E-state index contributed by atoms with van der Waals surface area (Å²) in [4.78, 5) is 4.49. The van der Waals surface area contributed by atoms with Gasteiger partial charge in [-0.1, -0.05) is 0 Å². The van der Waals surface area contributed by atoms with Crippen molar-refractivity contribution in [2.24, 2.45) is 0 Å². The van der Waals surface area contributed by atoms with Crippen LogP contribution in [0.5, 0.6) is 0 Å². The second-order valence-electron chi connectivity index (χ2n) is 4.90. The van der Waals surface area contributed by atoms with Crippen molar-refractivity contribution < 1.29 is 8.78 Å². The molecule has 0 saturated carbocycles. The van der Waals surface area contributed by atoms with Crippen LogP contribution in [0.3, 0.4) is 0 Å². The van der Waals surface area contributed by atoms with Crippen LogP contribution in [-0.4, -0.2) is 48.4 Å². The Hall–Kier alpha value is -0.710. The van der Waals surface area contributed by atoms with Gasteiger partial charge in [-0.3, -0.25) is 4.90 Å². The van der Waals surface area contributed by atoms with Crippen LogP contribution in [0.15, 0.2) is 18.2 Å². The summed E-state index contributed by atoms with van der Waals surface area (Å²) in [6, 6.07) is 3.64. The number of alkyl halides is 1. The molecule has 0 spiro atoms. The molecule has 2 rings (SSSR count). The Balaban J connectivity index is 1.94. The second-order valence-corrected chi connectivity index (χ2v) is 5.27. The first-order valence-corrected chi connectivity index (χ1v) is 7.17. The molecule has 2 nitrogen and oxygen atoms in total. The van der Waals surface area contributed by atoms with E-state index in [1.807, 2.05) is 0 Å². The Labute approximate surface area is 117 Å². The third-order valence-corrected chi connectivity index (χ3v) is 3.65. The minimum Gasteiger partial charge on any atom is -0.301 e. The van der Waals surface area contributed by atoms with E-state index in [4.69, 9.17) is 11.6 Å². The average molecular weight is 289 g/mol. The summed E-state index contributed by atoms with van der Waals surface area (Å²) in [6.07, 6.45) is 1.04. The fraction of sp³-hybridized carbons (Fsp3) is 0.571. The van der Waals surface area contributed by atoms with Crippen LogP contribution in [0.25, 0.3) is 0 Å². The first kappa shape index (κ1) is 14.7. The molecule has 1 aliphatic heterocycles. The van der Waals surface area contributed by atoms with E-state index >= 15 is 0 Å². The fourth-order valence-electron chi connectivity index (χ4n) is 2.43. The zero-order chi connectivity index (χ0) is 13.7. The zero-order valence-corrected chi connectivity index (χ0v) is 11.7. The smallest absolute Gasteiger partial charge is 0.127 e. The van der Waals surface area contributed by atoms with Gasteiger partial charge in [0.25, 0.3) is 0 Å². The average Bonchev–Trinajstić information content (AvgIpc) is 2.60. The van der Waals surface area contributed by atoms with Gasteiger partial charge < -0.3 is 4.90 Å². The van der Waals surface area contributed by atoms with Gasteiger partial charge in [-0.15, -0.1) is 11.6 Å². The first-order chi connectivity index (χ1) is 9.19. The molecule has 0 unspecified atom stereocenters. The second kappa shape index (κ2) is 7.17. The first-order valence-electron chi connectivity index (χ1n) is 6.63. The van der Waals surface area contributed by atoms with E-state index in [2.05, 4.69) is 9.80 Å². The van der Waals surface area contributed by atoms with Crippen molar-refractivity contribution >= 4 is 11.6 Å². The Kier molecular flexibility index (Phi) is 5.55. The molecule has 0 atom stereocenters. The topological polar surface area (TPSA) is 6.48 Å². The van der Waals surface area contributed by atoms with Crippen molar-refractivity contribution in [3.63, 3.8) is 0 Å². The third-order valence-electron chi connectivity index (χ3n) is 3.48. The summed E-state index contributed by atoms with van der Waals surface area (Å²) in [5.41, 5.74) is 0.436. The molecule has 0 amide bonds. The van der Waals surface area contributed by atoms with E-state index in [0.717, 1.165) is 45.2 Å². The number of halogens is 3. The van der Waals surface area contributed by atoms with Gasteiger partial charge in [0.05, 0.1) is 0 Å². The number of hydrogen-bond donors (Lipinski definition) is 0. The van der Waals surface area contributed by atoms with Crippen molar-refractivity contribution in [1.29, 1.82) is 0 Å². The molecule has 0 aliphatic carbocycles. The van der Waals surface area contributed by atoms with E-state index in [0.29, 0.717) is 18.0 Å². The molecule has 1 aromatic rings. The van der Waals surface area contributed by atoms with Crippen LogP contribution in [-0.2, 0) is 6.54 Å². The van der Waals surface area contributed by atoms with Crippen LogP contribution in [0.4, 0.5) is 8.78 Å². The fourth-order valence-corrected chi connectivity index (χ4v) is 2.67. The maximum absolute atomic E-state index is 13.6. The molecule has 0 radical (unpaired) electrons. The van der Waals surface area contributed by atoms with Crippen LogP contribution in [0.2, 0.25) is 0 Å². The Morgan fingerprint density at radius 1 is 1.05 bits per heavy atom. The SMILES string of the molecule is Fc1ccc(F)c(CN2CCCN(CCCl)CC2)c1. The molecule has 19 heavy (non-hydrogen) atoms. The Bertz CT molecular complexity index is 414. The van der Waals surface area contributed by atoms with Crippen LogP contribution in [0, 0.1) is 11.6 Å². The lowest BCUT2D eigenvalue weighted by Crippen LogP contribution is -2.31. The minimum absolute atomic E-state index is 0.330. The van der Waals surface area contributed by atoms with Gasteiger partial charge in [0.2, 0.25) is 0 Å². The van der Waals surface area contributed by atoms with Gasteiger partial charge in [-0.25, -0.2) is 8.78 Å². The normalized spacial score (nSPS) is 18.5. The van der Waals surface area contributed by atoms with E-state index < -0.39 is 0 Å². The molecule has 0 N–H and O–H groups in total. The largest absolute Gasteiger partial charge is 0.301 e. The maximum Gasteiger partial charge on any atom is 0.127 e. The lowest BCUT2D eigenvalue weighted by molar-refractivity contribution is 0.255. The summed E-state index contributed by atoms with van der Waals surface area (Å²) in [7, 11) is 0. The highest BCUT2D eigenvalue weighted by atomic mass is 35.5. The summed E-state index contributed by atoms with van der Waals surface area (Å²) in [5, 5.41) is 0. The van der Waals surface area contributed by atoms with Gasteiger partial charge in [0.1, 0.15) is 11.6 Å². The molecule has 1 aromatic carbocycles. The molecule has 0 bridgehead atoms. The van der Waals surface area contributed by atoms with Gasteiger partial charge >= 0.3 is 0 Å². The van der Waals surface area contributed by atoms with Crippen molar-refractivity contribution in [2.45, 2.75) is 13.0 Å². The highest BCUT2D eigenvalue weighted by Gasteiger charge is 2.16. The predicted octanol–water partition coefficient (Wildman–Crippen LogP) is 2.71. The quantitative estimate of drug-likeness (QED) is 0.786. The van der Waals surface area contributed by atoms with Crippen LogP contribution in [0.1, 0.15) is 12.0 Å². The maximum atomic E-state index is 13.6. The van der Waals surface area contributed by atoms with Gasteiger partial charge in [-0.2, -0.15) is 0 Å². The molecule has 1 heterocycles. The van der Waals surface area contributed by atoms with Crippen LogP contribution >= 0.6 is 11.6 Å². The minimum atomic E-state index is -0.380. The van der Waals surface area contributed by atoms with Gasteiger partial charge in [0.15, 0.2) is 0 Å². The zero-order valence-electron chi connectivity index (χ0n) is 10.9. The Morgan fingerprint density at radius 2 is 1.79 bits per heavy atom. The summed E-state index contributed by atoms with van der Waals surface area (Å²) in [5.74, 6) is -0.0725. The number of nitrogens with zero attached hydrogens (tertiary/aromatic N) is 2. The monoisotopic (exact) mass is 288 g/mol. The number of hydrogen-bond acceptors (Lipinski definition) is 2.